The number of fused-ring (bicyclic) bond motifs is 1. The number of anilines is 3. The van der Waals surface area contributed by atoms with Crippen molar-refractivity contribution in [3.05, 3.63) is 93.9 Å². The first-order valence-corrected chi connectivity index (χ1v) is 12.7. The van der Waals surface area contributed by atoms with E-state index in [-0.39, 0.29) is 41.0 Å². The zero-order valence-electron chi connectivity index (χ0n) is 21.6. The number of allylic oxidation sites excluding steroid dienone is 2. The van der Waals surface area contributed by atoms with Crippen LogP contribution in [0.15, 0.2) is 70.2 Å². The van der Waals surface area contributed by atoms with Gasteiger partial charge in [-0.3, -0.25) is 4.90 Å². The number of aliphatic hydroxyl groups is 1. The molecule has 1 aliphatic carbocycles. The number of nitrogen functional groups attached to an aromatic ring is 1. The van der Waals surface area contributed by atoms with Crippen molar-refractivity contribution in [2.24, 2.45) is 4.99 Å². The number of halogens is 4. The zero-order valence-corrected chi connectivity index (χ0v) is 22.3. The van der Waals surface area contributed by atoms with E-state index in [1.807, 2.05) is 6.08 Å². The summed E-state index contributed by atoms with van der Waals surface area (Å²) in [7, 11) is 1.46. The molecule has 1 aromatic carbocycles. The number of aliphatic hydroxyl groups excluding tert-OH is 1. The molecule has 9 nitrogen and oxygen atoms in total. The summed E-state index contributed by atoms with van der Waals surface area (Å²) < 4.78 is 47.4. The molecule has 3 aromatic rings. The van der Waals surface area contributed by atoms with Crippen LogP contribution in [-0.4, -0.2) is 51.9 Å². The first kappa shape index (κ1) is 28.1. The van der Waals surface area contributed by atoms with Gasteiger partial charge in [-0.1, -0.05) is 23.6 Å². The van der Waals surface area contributed by atoms with Crippen molar-refractivity contribution in [3.8, 4) is 11.8 Å². The molecule has 0 saturated heterocycles. The highest BCUT2D eigenvalue weighted by atomic mass is 35.5. The van der Waals surface area contributed by atoms with Gasteiger partial charge in [-0.15, -0.1) is 0 Å². The number of aromatic nitrogens is 3. The van der Waals surface area contributed by atoms with Crippen LogP contribution in [0.1, 0.15) is 24.1 Å². The number of hydrogen-bond acceptors (Lipinski definition) is 9. The average Bonchev–Trinajstić information content (AvgIpc) is 2.92. The number of nitrogens with zero attached hydrogens (tertiary/aromatic N) is 5. The van der Waals surface area contributed by atoms with Crippen molar-refractivity contribution in [2.75, 3.05) is 29.7 Å². The van der Waals surface area contributed by atoms with Crippen LogP contribution in [0.2, 0.25) is 0 Å². The van der Waals surface area contributed by atoms with Crippen molar-refractivity contribution in [1.82, 2.24) is 15.0 Å². The molecule has 2 aliphatic rings. The first-order valence-electron chi connectivity index (χ1n) is 12.4. The van der Waals surface area contributed by atoms with Gasteiger partial charge >= 0.3 is 0 Å². The first-order chi connectivity index (χ1) is 19.7. The predicted octanol–water partition coefficient (Wildman–Crippen LogP) is 4.11. The van der Waals surface area contributed by atoms with Gasteiger partial charge in [0, 0.05) is 23.8 Å². The molecule has 3 heterocycles. The Balaban J connectivity index is 1.60. The number of amidine groups is 1. The smallest absolute Gasteiger partial charge is 0.161 e. The summed E-state index contributed by atoms with van der Waals surface area (Å²) in [5.41, 5.74) is 7.39. The number of aliphatic imine (C=N–C) groups is 1. The van der Waals surface area contributed by atoms with E-state index < -0.39 is 29.7 Å². The van der Waals surface area contributed by atoms with Crippen LogP contribution >= 0.6 is 11.6 Å². The van der Waals surface area contributed by atoms with Crippen LogP contribution in [0.5, 0.6) is 0 Å². The van der Waals surface area contributed by atoms with Gasteiger partial charge in [-0.25, -0.2) is 33.1 Å². The lowest BCUT2D eigenvalue weighted by Gasteiger charge is -2.40. The third kappa shape index (κ3) is 6.02. The van der Waals surface area contributed by atoms with E-state index in [0.717, 1.165) is 24.4 Å². The van der Waals surface area contributed by atoms with Crippen molar-refractivity contribution in [2.45, 2.75) is 25.1 Å². The molecule has 0 bridgehead atoms. The summed E-state index contributed by atoms with van der Waals surface area (Å²) in [6.07, 6.45) is 3.75. The van der Waals surface area contributed by atoms with E-state index in [2.05, 4.69) is 32.1 Å². The van der Waals surface area contributed by atoms with Crippen LogP contribution < -0.4 is 16.0 Å². The second kappa shape index (κ2) is 12.0. The molecule has 2 unspecified atom stereocenters. The van der Waals surface area contributed by atoms with Gasteiger partial charge in [-0.05, 0) is 43.0 Å². The summed E-state index contributed by atoms with van der Waals surface area (Å²) in [6, 6.07) is 4.67. The van der Waals surface area contributed by atoms with E-state index in [1.165, 1.54) is 30.5 Å². The third-order valence-electron chi connectivity index (χ3n) is 6.26. The van der Waals surface area contributed by atoms with Crippen LogP contribution in [0.25, 0.3) is 0 Å². The lowest BCUT2D eigenvalue weighted by atomic mass is 9.97. The lowest BCUT2D eigenvalue weighted by molar-refractivity contribution is 0.194. The van der Waals surface area contributed by atoms with Gasteiger partial charge in [0.25, 0.3) is 0 Å². The summed E-state index contributed by atoms with van der Waals surface area (Å²) in [4.78, 5) is 18.2. The molecule has 0 saturated carbocycles. The Kier molecular flexibility index (Phi) is 8.21. The zero-order chi connectivity index (χ0) is 29.1. The second-order valence-electron chi connectivity index (χ2n) is 9.03. The minimum atomic E-state index is -1.41. The molecule has 5 rings (SSSR count). The molecule has 0 fully saturated rings. The van der Waals surface area contributed by atoms with E-state index in [0.29, 0.717) is 29.1 Å². The maximum absolute atomic E-state index is 14.3. The number of nitrogens with two attached hydrogens (primary N) is 1. The van der Waals surface area contributed by atoms with Gasteiger partial charge in [0.1, 0.15) is 58.5 Å². The fourth-order valence-corrected chi connectivity index (χ4v) is 4.75. The molecule has 4 N–H and O–H groups in total. The Bertz CT molecular complexity index is 1610. The van der Waals surface area contributed by atoms with Crippen LogP contribution in [0.4, 0.5) is 30.5 Å². The van der Waals surface area contributed by atoms with Gasteiger partial charge in [0.15, 0.2) is 6.23 Å². The summed E-state index contributed by atoms with van der Waals surface area (Å²) in [5.74, 6) is 3.87. The summed E-state index contributed by atoms with van der Waals surface area (Å²) in [6.45, 7) is -0.0177. The minimum absolute atomic E-state index is 0.00263. The number of rotatable bonds is 6. The Morgan fingerprint density at radius 2 is 1.93 bits per heavy atom. The highest BCUT2D eigenvalue weighted by Gasteiger charge is 2.38. The molecular weight excluding hydrogens is 559 g/mol. The van der Waals surface area contributed by atoms with Gasteiger partial charge in [-0.2, -0.15) is 0 Å². The molecule has 2 atom stereocenters. The van der Waals surface area contributed by atoms with Crippen LogP contribution in [0.3, 0.4) is 0 Å². The topological polar surface area (TPSA) is 122 Å². The molecule has 41 heavy (non-hydrogen) atoms. The predicted molar refractivity (Wildman–Crippen MR) is 148 cm³/mol. The SMILES string of the molecule is COCC(Nc1ncnc(N)c1C#Cc1ccc(F)cn1)C1=NC2=CCCC(Cl)=C2C(O)N1c1cc(F)cc(F)c1. The van der Waals surface area contributed by atoms with E-state index in [9.17, 15) is 18.3 Å². The maximum atomic E-state index is 14.3. The Labute approximate surface area is 238 Å². The molecule has 0 spiro atoms. The fraction of sp³-hybridized carbons (Fsp3) is 0.214. The second-order valence-corrected chi connectivity index (χ2v) is 9.49. The van der Waals surface area contributed by atoms with Crippen molar-refractivity contribution in [1.29, 1.82) is 0 Å². The third-order valence-corrected chi connectivity index (χ3v) is 6.65. The summed E-state index contributed by atoms with van der Waals surface area (Å²) >= 11 is 6.47. The quantitative estimate of drug-likeness (QED) is 0.372. The van der Waals surface area contributed by atoms with E-state index in [4.69, 9.17) is 27.1 Å². The Morgan fingerprint density at radius 1 is 1.15 bits per heavy atom. The number of ether oxygens (including phenoxy) is 1. The van der Waals surface area contributed by atoms with Crippen molar-refractivity contribution >= 4 is 34.8 Å². The fourth-order valence-electron chi connectivity index (χ4n) is 4.45. The average molecular weight is 582 g/mol. The number of benzene rings is 1. The van der Waals surface area contributed by atoms with E-state index >= 15 is 0 Å². The number of nitrogens with one attached hydrogen (secondary N) is 1. The molecule has 0 amide bonds. The van der Waals surface area contributed by atoms with Gasteiger partial charge < -0.3 is 20.9 Å². The Hall–Kier alpha value is -4.44. The van der Waals surface area contributed by atoms with Crippen LogP contribution in [0, 0.1) is 29.3 Å². The van der Waals surface area contributed by atoms with E-state index in [1.54, 1.807) is 0 Å². The molecule has 0 radical (unpaired) electrons. The largest absolute Gasteiger partial charge is 0.382 e. The maximum Gasteiger partial charge on any atom is 0.161 e. The number of hydrogen-bond donors (Lipinski definition) is 3. The molecular formula is C28H23ClF3N7O2. The van der Waals surface area contributed by atoms with Crippen molar-refractivity contribution in [3.63, 3.8) is 0 Å². The molecule has 13 heteroatoms. The minimum Gasteiger partial charge on any atom is -0.382 e. The van der Waals surface area contributed by atoms with Gasteiger partial charge in [0.05, 0.1) is 24.2 Å². The molecule has 2 aromatic heterocycles. The standard InChI is InChI=1S/C28H23ClF3N7O2/c1-41-13-23(37-26-20(25(33)35-14-36-26)8-7-18-6-5-15(30)12-34-18)27-38-22-4-2-3-21(29)24(22)28(40)39(27)19-10-16(31)9-17(32)11-19/h4-6,9-12,14,23,28,40H,2-3,13H2,1H3,(H3,33,35,36,37). The number of pyridine rings is 1. The number of methoxy groups -OCH3 is 1. The Morgan fingerprint density at radius 3 is 2.63 bits per heavy atom. The molecule has 210 valence electrons. The van der Waals surface area contributed by atoms with Crippen molar-refractivity contribution < 1.29 is 23.0 Å². The summed E-state index contributed by atoms with van der Waals surface area (Å²) in [5, 5.41) is 15.1. The lowest BCUT2D eigenvalue weighted by Crippen LogP contribution is -2.53. The van der Waals surface area contributed by atoms with Crippen LogP contribution in [-0.2, 0) is 4.74 Å². The van der Waals surface area contributed by atoms with Gasteiger partial charge in [0.2, 0.25) is 0 Å². The molecule has 1 aliphatic heterocycles. The normalized spacial score (nSPS) is 17.2. The highest BCUT2D eigenvalue weighted by Crippen LogP contribution is 2.38. The monoisotopic (exact) mass is 581 g/mol. The highest BCUT2D eigenvalue weighted by molar-refractivity contribution is 6.30.